The lowest BCUT2D eigenvalue weighted by Crippen LogP contribution is -2.44. The van der Waals surface area contributed by atoms with Crippen LogP contribution in [0.4, 0.5) is 8.78 Å². The van der Waals surface area contributed by atoms with E-state index in [2.05, 4.69) is 0 Å². The van der Waals surface area contributed by atoms with Gasteiger partial charge in [0.2, 0.25) is 11.8 Å². The number of alkyl halides is 3. The van der Waals surface area contributed by atoms with E-state index in [1.807, 2.05) is 0 Å². The van der Waals surface area contributed by atoms with Crippen molar-refractivity contribution in [2.75, 3.05) is 13.1 Å². The lowest BCUT2D eigenvalue weighted by molar-refractivity contribution is -0.134. The summed E-state index contributed by atoms with van der Waals surface area (Å²) in [5.74, 6) is -3.40. The molecule has 0 saturated carbocycles. The maximum Gasteiger partial charge on any atom is 0.248 e. The van der Waals surface area contributed by atoms with Gasteiger partial charge in [-0.05, 0) is 26.7 Å². The van der Waals surface area contributed by atoms with Crippen molar-refractivity contribution in [1.82, 2.24) is 4.90 Å². The molecule has 1 atom stereocenters. The van der Waals surface area contributed by atoms with Gasteiger partial charge in [0.25, 0.3) is 0 Å². The topological polar surface area (TPSA) is 20.3 Å². The van der Waals surface area contributed by atoms with Crippen LogP contribution >= 0.6 is 11.6 Å². The fourth-order valence-corrected chi connectivity index (χ4v) is 2.00. The van der Waals surface area contributed by atoms with E-state index in [1.54, 1.807) is 11.8 Å². The molecule has 0 aromatic heterocycles. The number of hydrogen-bond acceptors (Lipinski definition) is 1. The Labute approximate surface area is 93.6 Å². The Bertz CT molecular complexity index is 232. The summed E-state index contributed by atoms with van der Waals surface area (Å²) in [6, 6.07) is 0. The maximum atomic E-state index is 13.0. The highest BCUT2D eigenvalue weighted by Gasteiger charge is 2.37. The molecular weight excluding hydrogens is 224 g/mol. The SMILES string of the molecule is C[C@H](Cl)C(=O)N1CCC(C(C)(F)F)CC1. The van der Waals surface area contributed by atoms with Crippen molar-refractivity contribution in [2.45, 2.75) is 38.0 Å². The molecule has 0 N–H and O–H groups in total. The van der Waals surface area contributed by atoms with Gasteiger partial charge in [0.05, 0.1) is 0 Å². The van der Waals surface area contributed by atoms with Crippen molar-refractivity contribution >= 4 is 17.5 Å². The smallest absolute Gasteiger partial charge is 0.248 e. The average Bonchev–Trinajstić information content (AvgIpc) is 2.15. The lowest BCUT2D eigenvalue weighted by atomic mass is 9.91. The predicted molar refractivity (Wildman–Crippen MR) is 55.2 cm³/mol. The van der Waals surface area contributed by atoms with E-state index in [0.717, 1.165) is 6.92 Å². The van der Waals surface area contributed by atoms with E-state index >= 15 is 0 Å². The minimum absolute atomic E-state index is 0.158. The first-order chi connectivity index (χ1) is 6.82. The van der Waals surface area contributed by atoms with Crippen LogP contribution in [0.15, 0.2) is 0 Å². The number of amides is 1. The quantitative estimate of drug-likeness (QED) is 0.678. The van der Waals surface area contributed by atoms with Crippen LogP contribution in [0.1, 0.15) is 26.7 Å². The second-order valence-corrected chi connectivity index (χ2v) is 4.83. The number of carbonyl (C=O) groups is 1. The number of likely N-dealkylation sites (tertiary alicyclic amines) is 1. The van der Waals surface area contributed by atoms with E-state index in [4.69, 9.17) is 11.6 Å². The Morgan fingerprint density at radius 2 is 1.93 bits per heavy atom. The van der Waals surface area contributed by atoms with Crippen molar-refractivity contribution in [2.24, 2.45) is 5.92 Å². The van der Waals surface area contributed by atoms with E-state index in [9.17, 15) is 13.6 Å². The normalized spacial score (nSPS) is 21.5. The molecule has 0 aromatic carbocycles. The minimum atomic E-state index is -2.64. The van der Waals surface area contributed by atoms with Gasteiger partial charge in [-0.3, -0.25) is 4.79 Å². The molecule has 0 aliphatic carbocycles. The summed E-state index contributed by atoms with van der Waals surface area (Å²) in [5.41, 5.74) is 0. The third kappa shape index (κ3) is 3.30. The molecule has 88 valence electrons. The Morgan fingerprint density at radius 3 is 2.27 bits per heavy atom. The summed E-state index contributed by atoms with van der Waals surface area (Å²) in [6.07, 6.45) is 0.720. The number of halogens is 3. The molecule has 1 aliphatic rings. The zero-order valence-corrected chi connectivity index (χ0v) is 9.73. The highest BCUT2D eigenvalue weighted by atomic mass is 35.5. The monoisotopic (exact) mass is 239 g/mol. The van der Waals surface area contributed by atoms with Gasteiger partial charge in [-0.15, -0.1) is 11.6 Å². The fourth-order valence-electron chi connectivity index (χ4n) is 1.86. The molecule has 1 aliphatic heterocycles. The van der Waals surface area contributed by atoms with Crippen LogP contribution in [-0.2, 0) is 4.79 Å². The van der Waals surface area contributed by atoms with Crippen LogP contribution < -0.4 is 0 Å². The summed E-state index contributed by atoms with van der Waals surface area (Å²) < 4.78 is 25.9. The van der Waals surface area contributed by atoms with Crippen molar-refractivity contribution in [3.63, 3.8) is 0 Å². The maximum absolute atomic E-state index is 13.0. The fraction of sp³-hybridized carbons (Fsp3) is 0.900. The average molecular weight is 240 g/mol. The number of nitrogens with zero attached hydrogens (tertiary/aromatic N) is 1. The van der Waals surface area contributed by atoms with Crippen LogP contribution in [-0.4, -0.2) is 35.2 Å². The second-order valence-electron chi connectivity index (χ2n) is 4.17. The minimum Gasteiger partial charge on any atom is -0.341 e. The summed E-state index contributed by atoms with van der Waals surface area (Å²) >= 11 is 5.65. The number of piperidine rings is 1. The Hall–Kier alpha value is -0.380. The first-order valence-corrected chi connectivity index (χ1v) is 5.56. The summed E-state index contributed by atoms with van der Waals surface area (Å²) in [6.45, 7) is 3.33. The van der Waals surface area contributed by atoms with Crippen LogP contribution in [0.5, 0.6) is 0 Å². The molecule has 0 spiro atoms. The molecule has 1 fully saturated rings. The number of carbonyl (C=O) groups excluding carboxylic acids is 1. The van der Waals surface area contributed by atoms with Gasteiger partial charge in [0.15, 0.2) is 0 Å². The van der Waals surface area contributed by atoms with Crippen molar-refractivity contribution in [3.05, 3.63) is 0 Å². The molecule has 2 nitrogen and oxygen atoms in total. The largest absolute Gasteiger partial charge is 0.341 e. The molecule has 0 unspecified atom stereocenters. The first-order valence-electron chi connectivity index (χ1n) is 5.13. The first kappa shape index (κ1) is 12.7. The van der Waals surface area contributed by atoms with Crippen molar-refractivity contribution in [1.29, 1.82) is 0 Å². The molecule has 1 heterocycles. The molecule has 1 rings (SSSR count). The third-order valence-corrected chi connectivity index (χ3v) is 3.05. The zero-order valence-electron chi connectivity index (χ0n) is 8.97. The summed E-state index contributed by atoms with van der Waals surface area (Å²) in [7, 11) is 0. The highest BCUT2D eigenvalue weighted by Crippen LogP contribution is 2.32. The van der Waals surface area contributed by atoms with Crippen LogP contribution in [0.2, 0.25) is 0 Å². The zero-order chi connectivity index (χ0) is 11.6. The van der Waals surface area contributed by atoms with Gasteiger partial charge in [0, 0.05) is 19.0 Å². The molecule has 5 heteroatoms. The van der Waals surface area contributed by atoms with Gasteiger partial charge in [0.1, 0.15) is 5.38 Å². The van der Waals surface area contributed by atoms with Gasteiger partial charge in [-0.1, -0.05) is 0 Å². The number of rotatable bonds is 2. The van der Waals surface area contributed by atoms with Gasteiger partial charge < -0.3 is 4.90 Å². The molecule has 1 saturated heterocycles. The van der Waals surface area contributed by atoms with Crippen LogP contribution in [0, 0.1) is 5.92 Å². The molecule has 0 radical (unpaired) electrons. The second kappa shape index (κ2) is 4.64. The highest BCUT2D eigenvalue weighted by molar-refractivity contribution is 6.30. The molecule has 1 amide bonds. The van der Waals surface area contributed by atoms with Crippen molar-refractivity contribution in [3.8, 4) is 0 Å². The third-order valence-electron chi connectivity index (χ3n) is 2.86. The molecule has 15 heavy (non-hydrogen) atoms. The molecular formula is C10H16ClF2NO. The number of hydrogen-bond donors (Lipinski definition) is 0. The van der Waals surface area contributed by atoms with Gasteiger partial charge >= 0.3 is 0 Å². The van der Waals surface area contributed by atoms with Crippen molar-refractivity contribution < 1.29 is 13.6 Å². The predicted octanol–water partition coefficient (Wildman–Crippen LogP) is 2.51. The molecule has 0 aromatic rings. The standard InChI is InChI=1S/C10H16ClF2NO/c1-7(11)9(15)14-5-3-8(4-6-14)10(2,12)13/h7-8H,3-6H2,1-2H3/t7-/m0/s1. The lowest BCUT2D eigenvalue weighted by Gasteiger charge is -2.35. The summed E-state index contributed by atoms with van der Waals surface area (Å²) in [4.78, 5) is 13.0. The Morgan fingerprint density at radius 1 is 1.47 bits per heavy atom. The van der Waals surface area contributed by atoms with Crippen LogP contribution in [0.25, 0.3) is 0 Å². The van der Waals surface area contributed by atoms with E-state index < -0.39 is 17.2 Å². The Balaban J connectivity index is 2.46. The van der Waals surface area contributed by atoms with E-state index in [1.165, 1.54) is 0 Å². The van der Waals surface area contributed by atoms with Crippen LogP contribution in [0.3, 0.4) is 0 Å². The van der Waals surface area contributed by atoms with Gasteiger partial charge in [-0.2, -0.15) is 0 Å². The Kier molecular flexibility index (Phi) is 3.93. The molecule has 0 bridgehead atoms. The van der Waals surface area contributed by atoms with Gasteiger partial charge in [-0.25, -0.2) is 8.78 Å². The van der Waals surface area contributed by atoms with E-state index in [0.29, 0.717) is 25.9 Å². The van der Waals surface area contributed by atoms with E-state index in [-0.39, 0.29) is 5.91 Å². The summed E-state index contributed by atoms with van der Waals surface area (Å²) in [5, 5.41) is -0.566.